The number of piperazine rings is 1. The average molecular weight is 440 g/mol. The van der Waals surface area contributed by atoms with Gasteiger partial charge < -0.3 is 20.9 Å². The van der Waals surface area contributed by atoms with Crippen molar-refractivity contribution in [2.75, 3.05) is 43.1 Å². The molecule has 1 fully saturated rings. The molecule has 0 spiro atoms. The molecule has 2 rings (SSSR count). The molecule has 0 unspecified atom stereocenters. The molecule has 156 valence electrons. The Kier molecular flexibility index (Phi) is 7.64. The Labute approximate surface area is 169 Å². The summed E-state index contributed by atoms with van der Waals surface area (Å²) in [6.07, 6.45) is -1.42. The Morgan fingerprint density at radius 3 is 2.50 bits per heavy atom. The minimum absolute atomic E-state index is 0.0946. The molecule has 1 aromatic heterocycles. The highest BCUT2D eigenvalue weighted by Crippen LogP contribution is 2.33. The molecule has 3 N–H and O–H groups in total. The van der Waals surface area contributed by atoms with Crippen LogP contribution in [0.15, 0.2) is 12.3 Å². The smallest absolute Gasteiger partial charge is 0.352 e. The summed E-state index contributed by atoms with van der Waals surface area (Å²) in [5, 5.41) is 2.37. The van der Waals surface area contributed by atoms with Crippen LogP contribution in [0.1, 0.15) is 12.0 Å². The van der Waals surface area contributed by atoms with E-state index in [1.165, 1.54) is 0 Å². The van der Waals surface area contributed by atoms with Gasteiger partial charge in [-0.2, -0.15) is 24.9 Å². The summed E-state index contributed by atoms with van der Waals surface area (Å²) >= 11 is 7.53. The monoisotopic (exact) mass is 439 g/mol. The normalized spacial score (nSPS) is 16.0. The van der Waals surface area contributed by atoms with E-state index in [9.17, 15) is 22.8 Å². The van der Waals surface area contributed by atoms with Gasteiger partial charge in [0.1, 0.15) is 11.9 Å². The van der Waals surface area contributed by atoms with Crippen LogP contribution in [0.5, 0.6) is 0 Å². The number of urea groups is 1. The number of nitrogens with zero attached hydrogens (tertiary/aromatic N) is 3. The second kappa shape index (κ2) is 9.55. The highest BCUT2D eigenvalue weighted by molar-refractivity contribution is 7.98. The van der Waals surface area contributed by atoms with Gasteiger partial charge in [0, 0.05) is 32.4 Å². The molecule has 3 amide bonds. The fraction of sp³-hybridized carbons (Fsp3) is 0.562. The maximum Gasteiger partial charge on any atom is 0.417 e. The topological polar surface area (TPSA) is 91.6 Å². The lowest BCUT2D eigenvalue weighted by Gasteiger charge is -2.37. The Balaban J connectivity index is 2.01. The highest BCUT2D eigenvalue weighted by atomic mass is 35.5. The van der Waals surface area contributed by atoms with Crippen LogP contribution in [0.25, 0.3) is 0 Å². The number of hydrogen-bond acceptors (Lipinski definition) is 5. The van der Waals surface area contributed by atoms with Crippen LogP contribution >= 0.6 is 23.4 Å². The molecule has 12 heteroatoms. The Bertz CT molecular complexity index is 714. The average Bonchev–Trinajstić information content (AvgIpc) is 2.63. The number of primary amides is 1. The van der Waals surface area contributed by atoms with Crippen LogP contribution in [-0.2, 0) is 11.0 Å². The van der Waals surface area contributed by atoms with Gasteiger partial charge in [-0.15, -0.1) is 0 Å². The van der Waals surface area contributed by atoms with Gasteiger partial charge in [-0.3, -0.25) is 4.79 Å². The zero-order valence-electron chi connectivity index (χ0n) is 15.1. The SMILES string of the molecule is CSCC[C@@H](NC(N)=O)C(=O)N1CCN(c2ncc(C(F)(F)F)cc2Cl)CC1. The van der Waals surface area contributed by atoms with Gasteiger partial charge in [0.15, 0.2) is 0 Å². The second-order valence-corrected chi connectivity index (χ2v) is 7.57. The zero-order chi connectivity index (χ0) is 20.9. The minimum atomic E-state index is -4.51. The maximum absolute atomic E-state index is 12.7. The first-order valence-corrected chi connectivity index (χ1v) is 10.2. The number of nitrogens with two attached hydrogens (primary N) is 1. The number of pyridine rings is 1. The van der Waals surface area contributed by atoms with Crippen molar-refractivity contribution >= 4 is 41.1 Å². The first-order chi connectivity index (χ1) is 13.1. The first kappa shape index (κ1) is 22.4. The number of thioether (sulfide) groups is 1. The van der Waals surface area contributed by atoms with Crippen molar-refractivity contribution < 1.29 is 22.8 Å². The second-order valence-electron chi connectivity index (χ2n) is 6.18. The molecular formula is C16H21ClF3N5O2S. The predicted molar refractivity (Wildman–Crippen MR) is 103 cm³/mol. The summed E-state index contributed by atoms with van der Waals surface area (Å²) in [6, 6.07) is -0.625. The number of aromatic nitrogens is 1. The molecule has 0 bridgehead atoms. The zero-order valence-corrected chi connectivity index (χ0v) is 16.7. The fourth-order valence-corrected chi connectivity index (χ4v) is 3.60. The Hall–Kier alpha value is -1.88. The summed E-state index contributed by atoms with van der Waals surface area (Å²) in [5.74, 6) is 0.691. The third-order valence-corrected chi connectivity index (χ3v) is 5.19. The maximum atomic E-state index is 12.7. The summed E-state index contributed by atoms with van der Waals surface area (Å²) < 4.78 is 38.2. The van der Waals surface area contributed by atoms with E-state index in [2.05, 4.69) is 10.3 Å². The molecule has 0 saturated carbocycles. The molecule has 7 nitrogen and oxygen atoms in total. The van der Waals surface area contributed by atoms with E-state index >= 15 is 0 Å². The first-order valence-electron chi connectivity index (χ1n) is 8.45. The van der Waals surface area contributed by atoms with Crippen LogP contribution < -0.4 is 16.0 Å². The molecule has 1 atom stereocenters. The van der Waals surface area contributed by atoms with Gasteiger partial charge in [-0.05, 0) is 24.5 Å². The van der Waals surface area contributed by atoms with E-state index in [1.54, 1.807) is 21.6 Å². The Morgan fingerprint density at radius 1 is 1.36 bits per heavy atom. The van der Waals surface area contributed by atoms with Crippen molar-refractivity contribution in [3.63, 3.8) is 0 Å². The lowest BCUT2D eigenvalue weighted by atomic mass is 10.1. The largest absolute Gasteiger partial charge is 0.417 e. The molecule has 0 aliphatic carbocycles. The third kappa shape index (κ3) is 5.81. The van der Waals surface area contributed by atoms with E-state index in [4.69, 9.17) is 17.3 Å². The van der Waals surface area contributed by atoms with Crippen molar-refractivity contribution in [1.82, 2.24) is 15.2 Å². The quantitative estimate of drug-likeness (QED) is 0.709. The van der Waals surface area contributed by atoms with Crippen molar-refractivity contribution in [3.8, 4) is 0 Å². The predicted octanol–water partition coefficient (Wildman–Crippen LogP) is 2.19. The molecular weight excluding hydrogens is 419 g/mol. The number of carbonyl (C=O) groups excluding carboxylic acids is 2. The molecule has 1 aliphatic heterocycles. The van der Waals surface area contributed by atoms with E-state index < -0.39 is 23.8 Å². The summed E-state index contributed by atoms with van der Waals surface area (Å²) in [5.41, 5.74) is 4.24. The van der Waals surface area contributed by atoms with Crippen LogP contribution in [0.2, 0.25) is 5.02 Å². The van der Waals surface area contributed by atoms with Gasteiger partial charge in [-0.1, -0.05) is 11.6 Å². The van der Waals surface area contributed by atoms with Gasteiger partial charge in [-0.25, -0.2) is 9.78 Å². The molecule has 2 heterocycles. The van der Waals surface area contributed by atoms with Crippen molar-refractivity contribution in [2.45, 2.75) is 18.6 Å². The number of halogens is 4. The van der Waals surface area contributed by atoms with E-state index in [1.807, 2.05) is 6.26 Å². The Morgan fingerprint density at radius 2 is 2.00 bits per heavy atom. The lowest BCUT2D eigenvalue weighted by molar-refractivity contribution is -0.138. The fourth-order valence-electron chi connectivity index (χ4n) is 2.84. The number of hydrogen-bond donors (Lipinski definition) is 2. The molecule has 0 radical (unpaired) electrons. The molecule has 28 heavy (non-hydrogen) atoms. The molecule has 0 aromatic carbocycles. The summed E-state index contributed by atoms with van der Waals surface area (Å²) in [4.78, 5) is 31.0. The van der Waals surface area contributed by atoms with Crippen LogP contribution in [0.4, 0.5) is 23.8 Å². The van der Waals surface area contributed by atoms with Gasteiger partial charge in [0.2, 0.25) is 5.91 Å². The third-order valence-electron chi connectivity index (χ3n) is 4.27. The number of amides is 3. The number of nitrogens with one attached hydrogen (secondary N) is 1. The number of rotatable bonds is 6. The molecule has 1 saturated heterocycles. The summed E-state index contributed by atoms with van der Waals surface area (Å²) in [6.45, 7) is 1.37. The number of carbonyl (C=O) groups is 2. The van der Waals surface area contributed by atoms with Crippen molar-refractivity contribution in [3.05, 3.63) is 22.8 Å². The van der Waals surface area contributed by atoms with Crippen molar-refractivity contribution in [2.24, 2.45) is 5.73 Å². The van der Waals surface area contributed by atoms with Crippen LogP contribution in [-0.4, -0.2) is 66.1 Å². The van der Waals surface area contributed by atoms with Gasteiger partial charge in [0.05, 0.1) is 10.6 Å². The number of anilines is 1. The standard InChI is InChI=1S/C16H21ClF3N5O2S/c1-28-7-2-12(23-15(21)27)14(26)25-5-3-24(4-6-25)13-11(17)8-10(9-22-13)16(18,19)20/h8-9,12H,2-7H2,1H3,(H3,21,23,27)/t12-/m1/s1. The van der Waals surface area contributed by atoms with E-state index in [-0.39, 0.29) is 16.7 Å². The highest BCUT2D eigenvalue weighted by Gasteiger charge is 2.33. The molecule has 1 aromatic rings. The van der Waals surface area contributed by atoms with E-state index in [0.29, 0.717) is 38.4 Å². The van der Waals surface area contributed by atoms with Crippen LogP contribution in [0.3, 0.4) is 0 Å². The summed E-state index contributed by atoms with van der Waals surface area (Å²) in [7, 11) is 0. The lowest BCUT2D eigenvalue weighted by Crippen LogP contribution is -2.56. The van der Waals surface area contributed by atoms with Crippen LogP contribution in [0, 0.1) is 0 Å². The van der Waals surface area contributed by atoms with Gasteiger partial charge >= 0.3 is 12.2 Å². The van der Waals surface area contributed by atoms with Crippen molar-refractivity contribution in [1.29, 1.82) is 0 Å². The van der Waals surface area contributed by atoms with E-state index in [0.717, 1.165) is 12.3 Å². The molecule has 1 aliphatic rings. The number of alkyl halides is 3. The van der Waals surface area contributed by atoms with Gasteiger partial charge in [0.25, 0.3) is 0 Å². The minimum Gasteiger partial charge on any atom is -0.352 e.